The van der Waals surface area contributed by atoms with Gasteiger partial charge >= 0.3 is 5.97 Å². The van der Waals surface area contributed by atoms with Gasteiger partial charge < -0.3 is 10.1 Å². The van der Waals surface area contributed by atoms with E-state index in [4.69, 9.17) is 0 Å². The van der Waals surface area contributed by atoms with Gasteiger partial charge in [-0.05, 0) is 5.92 Å². The number of nitrogens with zero attached hydrogens (tertiary/aromatic N) is 2. The Morgan fingerprint density at radius 2 is 2.14 bits per heavy atom. The minimum Gasteiger partial charge on any atom is -0.467 e. The molecule has 21 heavy (non-hydrogen) atoms. The summed E-state index contributed by atoms with van der Waals surface area (Å²) in [5.74, 6) is -1.36. The van der Waals surface area contributed by atoms with Crippen molar-refractivity contribution in [3.8, 4) is 0 Å². The molecule has 1 atom stereocenters. The molecule has 0 aliphatic rings. The van der Waals surface area contributed by atoms with Crippen molar-refractivity contribution in [1.82, 2.24) is 14.7 Å². The standard InChI is InChI=1S/C13H15N3O4S/c1-7(2)9(12(19)20-3)15-10(17)8-6-14-13-16(11(8)18)4-5-21-13/h4-7,9H,1-3H3,(H,15,17). The van der Waals surface area contributed by atoms with Gasteiger partial charge in [0.1, 0.15) is 11.6 Å². The van der Waals surface area contributed by atoms with Crippen molar-refractivity contribution in [3.05, 3.63) is 33.7 Å². The molecule has 0 spiro atoms. The fourth-order valence-electron chi connectivity index (χ4n) is 1.82. The Hall–Kier alpha value is -2.22. The highest BCUT2D eigenvalue weighted by Crippen LogP contribution is 2.07. The van der Waals surface area contributed by atoms with Gasteiger partial charge in [0.2, 0.25) is 0 Å². The fraction of sp³-hybridized carbons (Fsp3) is 0.385. The topological polar surface area (TPSA) is 89.8 Å². The number of esters is 1. The van der Waals surface area contributed by atoms with Gasteiger partial charge in [-0.15, -0.1) is 11.3 Å². The molecule has 112 valence electrons. The molecule has 1 N–H and O–H groups in total. The summed E-state index contributed by atoms with van der Waals surface area (Å²) in [4.78, 5) is 40.6. The Kier molecular flexibility index (Phi) is 4.37. The van der Waals surface area contributed by atoms with E-state index in [-0.39, 0.29) is 11.5 Å². The van der Waals surface area contributed by atoms with Gasteiger partial charge in [-0.25, -0.2) is 9.78 Å². The van der Waals surface area contributed by atoms with Gasteiger partial charge in [0.25, 0.3) is 11.5 Å². The van der Waals surface area contributed by atoms with E-state index in [1.807, 2.05) is 0 Å². The van der Waals surface area contributed by atoms with E-state index in [0.717, 1.165) is 0 Å². The number of amides is 1. The number of ether oxygens (including phenoxy) is 1. The second-order valence-corrected chi connectivity index (χ2v) is 5.62. The zero-order valence-electron chi connectivity index (χ0n) is 11.8. The first-order valence-corrected chi connectivity index (χ1v) is 7.17. The van der Waals surface area contributed by atoms with Crippen molar-refractivity contribution in [2.24, 2.45) is 5.92 Å². The van der Waals surface area contributed by atoms with Crippen LogP contribution in [-0.4, -0.2) is 34.4 Å². The molecule has 0 fully saturated rings. The van der Waals surface area contributed by atoms with Crippen LogP contribution in [-0.2, 0) is 9.53 Å². The van der Waals surface area contributed by atoms with Crippen LogP contribution in [0.15, 0.2) is 22.6 Å². The first kappa shape index (κ1) is 15.2. The summed E-state index contributed by atoms with van der Waals surface area (Å²) in [5, 5.41) is 4.22. The SMILES string of the molecule is COC(=O)C(NC(=O)c1cnc2sccn2c1=O)C(C)C. The average Bonchev–Trinajstić information content (AvgIpc) is 2.93. The van der Waals surface area contributed by atoms with E-state index in [1.165, 1.54) is 29.0 Å². The molecule has 2 heterocycles. The summed E-state index contributed by atoms with van der Waals surface area (Å²) in [6, 6.07) is -0.815. The zero-order valence-corrected chi connectivity index (χ0v) is 12.6. The zero-order chi connectivity index (χ0) is 15.6. The Balaban J connectivity index is 2.31. The summed E-state index contributed by atoms with van der Waals surface area (Å²) in [5.41, 5.74) is -0.577. The molecule has 2 rings (SSSR count). The summed E-state index contributed by atoms with van der Waals surface area (Å²) >= 11 is 1.30. The molecule has 0 aliphatic carbocycles. The van der Waals surface area contributed by atoms with Crippen LogP contribution in [0.5, 0.6) is 0 Å². The third-order valence-electron chi connectivity index (χ3n) is 3.00. The summed E-state index contributed by atoms with van der Waals surface area (Å²) < 4.78 is 5.94. The fourth-order valence-corrected chi connectivity index (χ4v) is 2.50. The number of aromatic nitrogens is 2. The number of fused-ring (bicyclic) bond motifs is 1. The summed E-state index contributed by atoms with van der Waals surface area (Å²) in [7, 11) is 1.25. The first-order chi connectivity index (χ1) is 9.95. The Bertz CT molecular complexity index is 734. The lowest BCUT2D eigenvalue weighted by Gasteiger charge is -2.19. The van der Waals surface area contributed by atoms with Crippen LogP contribution in [0.3, 0.4) is 0 Å². The van der Waals surface area contributed by atoms with Crippen molar-refractivity contribution < 1.29 is 14.3 Å². The number of thiazole rings is 1. The predicted molar refractivity (Wildman–Crippen MR) is 77.4 cm³/mol. The van der Waals surface area contributed by atoms with Crippen LogP contribution in [0.25, 0.3) is 4.96 Å². The molecule has 0 aromatic carbocycles. The molecular formula is C13H15N3O4S. The summed E-state index contributed by atoms with van der Waals surface area (Å²) in [6.45, 7) is 3.55. The van der Waals surface area contributed by atoms with Gasteiger partial charge in [0.05, 0.1) is 7.11 Å². The average molecular weight is 309 g/mol. The molecule has 2 aromatic heterocycles. The number of hydrogen-bond donors (Lipinski definition) is 1. The molecule has 2 aromatic rings. The van der Waals surface area contributed by atoms with E-state index in [2.05, 4.69) is 15.0 Å². The quantitative estimate of drug-likeness (QED) is 0.839. The first-order valence-electron chi connectivity index (χ1n) is 6.29. The Labute approximate surface area is 124 Å². The van der Waals surface area contributed by atoms with E-state index in [9.17, 15) is 14.4 Å². The largest absolute Gasteiger partial charge is 0.467 e. The Morgan fingerprint density at radius 1 is 1.43 bits per heavy atom. The maximum atomic E-state index is 12.2. The van der Waals surface area contributed by atoms with Gasteiger partial charge in [-0.2, -0.15) is 0 Å². The second kappa shape index (κ2) is 6.04. The van der Waals surface area contributed by atoms with Crippen molar-refractivity contribution >= 4 is 28.2 Å². The molecule has 1 amide bonds. The smallest absolute Gasteiger partial charge is 0.328 e. The van der Waals surface area contributed by atoms with E-state index < -0.39 is 23.5 Å². The molecule has 7 nitrogen and oxygen atoms in total. The predicted octanol–water partition coefficient (Wildman–Crippen LogP) is 0.683. The molecule has 1 unspecified atom stereocenters. The molecule has 0 radical (unpaired) electrons. The maximum Gasteiger partial charge on any atom is 0.328 e. The minimum atomic E-state index is -0.815. The third-order valence-corrected chi connectivity index (χ3v) is 3.77. The van der Waals surface area contributed by atoms with E-state index >= 15 is 0 Å². The van der Waals surface area contributed by atoms with Crippen LogP contribution in [0.4, 0.5) is 0 Å². The monoisotopic (exact) mass is 309 g/mol. The molecular weight excluding hydrogens is 294 g/mol. The lowest BCUT2D eigenvalue weighted by atomic mass is 10.0. The van der Waals surface area contributed by atoms with Crippen LogP contribution < -0.4 is 10.9 Å². The number of methoxy groups -OCH3 is 1. The Morgan fingerprint density at radius 3 is 2.76 bits per heavy atom. The lowest BCUT2D eigenvalue weighted by molar-refractivity contribution is -0.144. The van der Waals surface area contributed by atoms with Crippen LogP contribution in [0.1, 0.15) is 24.2 Å². The van der Waals surface area contributed by atoms with Crippen molar-refractivity contribution in [1.29, 1.82) is 0 Å². The van der Waals surface area contributed by atoms with Gasteiger partial charge in [-0.3, -0.25) is 14.0 Å². The van der Waals surface area contributed by atoms with Crippen LogP contribution in [0, 0.1) is 5.92 Å². The third kappa shape index (κ3) is 2.94. The number of nitrogens with one attached hydrogen (secondary N) is 1. The molecule has 0 saturated heterocycles. The maximum absolute atomic E-state index is 12.2. The number of rotatable bonds is 4. The normalized spacial score (nSPS) is 12.4. The van der Waals surface area contributed by atoms with Crippen molar-refractivity contribution in [2.75, 3.05) is 7.11 Å². The summed E-state index contributed by atoms with van der Waals surface area (Å²) in [6.07, 6.45) is 2.77. The second-order valence-electron chi connectivity index (χ2n) is 4.75. The lowest BCUT2D eigenvalue weighted by Crippen LogP contribution is -2.46. The minimum absolute atomic E-state index is 0.111. The highest BCUT2D eigenvalue weighted by molar-refractivity contribution is 7.15. The molecule has 0 saturated carbocycles. The van der Waals surface area contributed by atoms with E-state index in [1.54, 1.807) is 25.4 Å². The number of carbonyl (C=O) groups is 2. The molecule has 8 heteroatoms. The number of hydrogen-bond acceptors (Lipinski definition) is 6. The number of carbonyl (C=O) groups excluding carboxylic acids is 2. The highest BCUT2D eigenvalue weighted by atomic mass is 32.1. The van der Waals surface area contributed by atoms with Gasteiger partial charge in [0.15, 0.2) is 4.96 Å². The van der Waals surface area contributed by atoms with Crippen molar-refractivity contribution in [2.45, 2.75) is 19.9 Å². The van der Waals surface area contributed by atoms with Crippen LogP contribution in [0.2, 0.25) is 0 Å². The molecule has 0 bridgehead atoms. The van der Waals surface area contributed by atoms with Crippen molar-refractivity contribution in [3.63, 3.8) is 0 Å². The van der Waals surface area contributed by atoms with Gasteiger partial charge in [0, 0.05) is 17.8 Å². The van der Waals surface area contributed by atoms with E-state index in [0.29, 0.717) is 4.96 Å². The molecule has 0 aliphatic heterocycles. The van der Waals surface area contributed by atoms with Crippen LogP contribution >= 0.6 is 11.3 Å². The van der Waals surface area contributed by atoms with Gasteiger partial charge in [-0.1, -0.05) is 13.8 Å². The highest BCUT2D eigenvalue weighted by Gasteiger charge is 2.26.